The minimum Gasteiger partial charge on any atom is -0.337 e. The number of benzene rings is 1. The molecule has 144 valence electrons. The van der Waals surface area contributed by atoms with Crippen LogP contribution in [0.1, 0.15) is 16.1 Å². The summed E-state index contributed by atoms with van der Waals surface area (Å²) in [5.74, 6) is 0.332. The number of carbonyl (C=O) groups is 1. The molecule has 0 unspecified atom stereocenters. The van der Waals surface area contributed by atoms with Crippen molar-refractivity contribution in [2.75, 3.05) is 31.1 Å². The summed E-state index contributed by atoms with van der Waals surface area (Å²) in [6, 6.07) is 8.45. The Balaban J connectivity index is 1.48. The average molecular weight is 380 g/mol. The average Bonchev–Trinajstić information content (AvgIpc) is 3.12. The maximum Gasteiger partial charge on any atom is 0.274 e. The second kappa shape index (κ2) is 7.38. The van der Waals surface area contributed by atoms with E-state index in [1.807, 2.05) is 0 Å². The molecule has 1 aromatic carbocycles. The number of amides is 1. The second-order valence-corrected chi connectivity index (χ2v) is 6.83. The molecule has 28 heavy (non-hydrogen) atoms. The zero-order chi connectivity index (χ0) is 19.7. The normalized spacial score (nSPS) is 14.4. The third kappa shape index (κ3) is 3.45. The minimum absolute atomic E-state index is 0.102. The predicted molar refractivity (Wildman–Crippen MR) is 103 cm³/mol. The summed E-state index contributed by atoms with van der Waals surface area (Å²) in [6.07, 6.45) is 3.43. The van der Waals surface area contributed by atoms with Gasteiger partial charge in [-0.1, -0.05) is 0 Å². The standard InChI is InChI=1S/C20H21FN6O/c1-14-12-15(4-5-16(14)21)18-13-17(24-25(18)2)19(28)26-8-10-27(11-9-26)20-22-6-3-7-23-20/h3-7,12-13H,8-11H2,1-2H3. The monoisotopic (exact) mass is 380 g/mol. The summed E-state index contributed by atoms with van der Waals surface area (Å²) in [7, 11) is 1.79. The van der Waals surface area contributed by atoms with Crippen LogP contribution in [0, 0.1) is 12.7 Å². The van der Waals surface area contributed by atoms with Gasteiger partial charge in [0, 0.05) is 51.2 Å². The first-order valence-corrected chi connectivity index (χ1v) is 9.15. The molecule has 1 saturated heterocycles. The van der Waals surface area contributed by atoms with Crippen molar-refractivity contribution in [3.8, 4) is 11.3 Å². The Hall–Kier alpha value is -3.29. The van der Waals surface area contributed by atoms with Gasteiger partial charge in [-0.05, 0) is 42.8 Å². The summed E-state index contributed by atoms with van der Waals surface area (Å²) in [4.78, 5) is 25.3. The molecule has 0 N–H and O–H groups in total. The molecule has 0 radical (unpaired) electrons. The molecular weight excluding hydrogens is 359 g/mol. The number of anilines is 1. The molecule has 0 aliphatic carbocycles. The van der Waals surface area contributed by atoms with Crippen LogP contribution < -0.4 is 4.90 Å². The van der Waals surface area contributed by atoms with E-state index in [2.05, 4.69) is 20.0 Å². The lowest BCUT2D eigenvalue weighted by Gasteiger charge is -2.34. The Morgan fingerprint density at radius 2 is 1.79 bits per heavy atom. The fourth-order valence-electron chi connectivity index (χ4n) is 3.37. The van der Waals surface area contributed by atoms with Crippen LogP contribution in [0.3, 0.4) is 0 Å². The summed E-state index contributed by atoms with van der Waals surface area (Å²) in [5, 5.41) is 4.38. The van der Waals surface area contributed by atoms with Gasteiger partial charge in [0.1, 0.15) is 5.82 Å². The van der Waals surface area contributed by atoms with Crippen LogP contribution in [-0.2, 0) is 7.05 Å². The predicted octanol–water partition coefficient (Wildman–Crippen LogP) is 2.29. The van der Waals surface area contributed by atoms with Crippen molar-refractivity contribution in [2.45, 2.75) is 6.92 Å². The van der Waals surface area contributed by atoms with Gasteiger partial charge in [-0.2, -0.15) is 5.10 Å². The lowest BCUT2D eigenvalue weighted by Crippen LogP contribution is -2.49. The first kappa shape index (κ1) is 18.1. The van der Waals surface area contributed by atoms with E-state index in [1.165, 1.54) is 6.07 Å². The maximum absolute atomic E-state index is 13.5. The molecule has 1 amide bonds. The van der Waals surface area contributed by atoms with Crippen molar-refractivity contribution in [2.24, 2.45) is 7.05 Å². The van der Waals surface area contributed by atoms with Gasteiger partial charge < -0.3 is 9.80 Å². The Kier molecular flexibility index (Phi) is 4.77. The summed E-state index contributed by atoms with van der Waals surface area (Å²) in [6.45, 7) is 4.23. The molecule has 7 nitrogen and oxygen atoms in total. The molecule has 8 heteroatoms. The second-order valence-electron chi connectivity index (χ2n) is 6.83. The largest absolute Gasteiger partial charge is 0.337 e. The Labute approximate surface area is 162 Å². The number of nitrogens with zero attached hydrogens (tertiary/aromatic N) is 6. The van der Waals surface area contributed by atoms with Crippen molar-refractivity contribution in [1.82, 2.24) is 24.6 Å². The number of halogens is 1. The van der Waals surface area contributed by atoms with Crippen molar-refractivity contribution < 1.29 is 9.18 Å². The van der Waals surface area contributed by atoms with Gasteiger partial charge in [0.15, 0.2) is 5.69 Å². The molecule has 2 aromatic heterocycles. The Morgan fingerprint density at radius 1 is 1.07 bits per heavy atom. The molecule has 0 atom stereocenters. The highest BCUT2D eigenvalue weighted by Crippen LogP contribution is 2.23. The van der Waals surface area contributed by atoms with E-state index in [-0.39, 0.29) is 11.7 Å². The number of aromatic nitrogens is 4. The molecule has 1 aliphatic rings. The first-order valence-electron chi connectivity index (χ1n) is 9.15. The van der Waals surface area contributed by atoms with Gasteiger partial charge in [0.2, 0.25) is 5.95 Å². The summed E-state index contributed by atoms with van der Waals surface area (Å²) >= 11 is 0. The highest BCUT2D eigenvalue weighted by molar-refractivity contribution is 5.93. The summed E-state index contributed by atoms with van der Waals surface area (Å²) in [5.41, 5.74) is 2.57. The van der Waals surface area contributed by atoms with E-state index < -0.39 is 0 Å². The Bertz CT molecular complexity index is 995. The maximum atomic E-state index is 13.5. The number of aryl methyl sites for hydroxylation is 2. The van der Waals surface area contributed by atoms with Crippen molar-refractivity contribution in [3.63, 3.8) is 0 Å². The van der Waals surface area contributed by atoms with Crippen LogP contribution in [0.15, 0.2) is 42.7 Å². The van der Waals surface area contributed by atoms with E-state index in [0.717, 1.165) is 11.3 Å². The molecule has 3 heterocycles. The number of hydrogen-bond acceptors (Lipinski definition) is 5. The first-order chi connectivity index (χ1) is 13.5. The van der Waals surface area contributed by atoms with Crippen molar-refractivity contribution in [3.05, 3.63) is 59.8 Å². The zero-order valence-electron chi connectivity index (χ0n) is 15.8. The molecule has 4 rings (SSSR count). The molecule has 0 bridgehead atoms. The molecule has 1 aliphatic heterocycles. The highest BCUT2D eigenvalue weighted by Gasteiger charge is 2.25. The van der Waals surface area contributed by atoms with Gasteiger partial charge in [0.25, 0.3) is 5.91 Å². The topological polar surface area (TPSA) is 67.2 Å². The van der Waals surface area contributed by atoms with Gasteiger partial charge in [-0.15, -0.1) is 0 Å². The lowest BCUT2D eigenvalue weighted by atomic mass is 10.1. The van der Waals surface area contributed by atoms with Gasteiger partial charge in [0.05, 0.1) is 5.69 Å². The molecule has 0 spiro atoms. The number of carbonyl (C=O) groups excluding carboxylic acids is 1. The molecule has 3 aromatic rings. The van der Waals surface area contributed by atoms with Crippen molar-refractivity contribution in [1.29, 1.82) is 0 Å². The van der Waals surface area contributed by atoms with E-state index >= 15 is 0 Å². The minimum atomic E-state index is -0.248. The number of rotatable bonds is 3. The van der Waals surface area contributed by atoms with Crippen LogP contribution >= 0.6 is 0 Å². The number of piperazine rings is 1. The van der Waals surface area contributed by atoms with E-state index in [4.69, 9.17) is 0 Å². The lowest BCUT2D eigenvalue weighted by molar-refractivity contribution is 0.0739. The van der Waals surface area contributed by atoms with E-state index in [0.29, 0.717) is 43.4 Å². The van der Waals surface area contributed by atoms with Crippen LogP contribution in [-0.4, -0.2) is 56.7 Å². The van der Waals surface area contributed by atoms with Crippen LogP contribution in [0.4, 0.5) is 10.3 Å². The highest BCUT2D eigenvalue weighted by atomic mass is 19.1. The molecular formula is C20H21FN6O. The number of hydrogen-bond donors (Lipinski definition) is 0. The van der Waals surface area contributed by atoms with Gasteiger partial charge in [-0.25, -0.2) is 14.4 Å². The zero-order valence-corrected chi connectivity index (χ0v) is 15.8. The SMILES string of the molecule is Cc1cc(-c2cc(C(=O)N3CCN(c4ncccn4)CC3)nn2C)ccc1F. The smallest absolute Gasteiger partial charge is 0.274 e. The third-order valence-electron chi connectivity index (χ3n) is 4.95. The fraction of sp³-hybridized carbons (Fsp3) is 0.300. The molecule has 1 fully saturated rings. The van der Waals surface area contributed by atoms with Crippen molar-refractivity contribution >= 4 is 11.9 Å². The van der Waals surface area contributed by atoms with Crippen LogP contribution in [0.25, 0.3) is 11.3 Å². The fourth-order valence-corrected chi connectivity index (χ4v) is 3.37. The van der Waals surface area contributed by atoms with Gasteiger partial charge in [-0.3, -0.25) is 9.48 Å². The van der Waals surface area contributed by atoms with Gasteiger partial charge >= 0.3 is 0 Å². The summed E-state index contributed by atoms with van der Waals surface area (Å²) < 4.78 is 15.2. The third-order valence-corrected chi connectivity index (χ3v) is 4.95. The van der Waals surface area contributed by atoms with Crippen LogP contribution in [0.5, 0.6) is 0 Å². The molecule has 0 saturated carbocycles. The van der Waals surface area contributed by atoms with E-state index in [1.54, 1.807) is 60.2 Å². The quantitative estimate of drug-likeness (QED) is 0.697. The van der Waals surface area contributed by atoms with Crippen LogP contribution in [0.2, 0.25) is 0 Å². The van der Waals surface area contributed by atoms with E-state index in [9.17, 15) is 9.18 Å². The Morgan fingerprint density at radius 3 is 2.46 bits per heavy atom.